The van der Waals surface area contributed by atoms with Gasteiger partial charge in [0.25, 0.3) is 5.91 Å². The van der Waals surface area contributed by atoms with Crippen molar-refractivity contribution in [3.8, 4) is 0 Å². The number of carbonyl (C=O) groups excluding carboxylic acids is 2. The van der Waals surface area contributed by atoms with E-state index >= 15 is 0 Å². The molecule has 2 rings (SSSR count). The molecule has 0 spiro atoms. The van der Waals surface area contributed by atoms with Crippen LogP contribution >= 0.6 is 0 Å². The van der Waals surface area contributed by atoms with Gasteiger partial charge in [0.1, 0.15) is 6.04 Å². The normalized spacial score (nSPS) is 19.1. The van der Waals surface area contributed by atoms with Crippen LogP contribution in [0.1, 0.15) is 18.4 Å². The van der Waals surface area contributed by atoms with E-state index in [1.54, 1.807) is 6.08 Å². The highest BCUT2D eigenvalue weighted by molar-refractivity contribution is 6.07. The molecule has 5 heteroatoms. The largest absolute Gasteiger partial charge is 0.480 e. The number of amides is 2. The third kappa shape index (κ3) is 2.88. The van der Waals surface area contributed by atoms with E-state index in [1.807, 2.05) is 30.3 Å². The van der Waals surface area contributed by atoms with Crippen molar-refractivity contribution in [1.82, 2.24) is 4.90 Å². The van der Waals surface area contributed by atoms with Gasteiger partial charge in [-0.05, 0) is 18.1 Å². The predicted octanol–water partition coefficient (Wildman–Crippen LogP) is 1.30. The van der Waals surface area contributed by atoms with Gasteiger partial charge in [0.05, 0.1) is 0 Å². The van der Waals surface area contributed by atoms with Gasteiger partial charge in [0.2, 0.25) is 5.91 Å². The van der Waals surface area contributed by atoms with Crippen LogP contribution < -0.4 is 0 Å². The smallest absolute Gasteiger partial charge is 0.326 e. The summed E-state index contributed by atoms with van der Waals surface area (Å²) < 4.78 is 0. The van der Waals surface area contributed by atoms with Crippen LogP contribution in [0.5, 0.6) is 0 Å². The molecular formula is C14H13NO4. The summed E-state index contributed by atoms with van der Waals surface area (Å²) in [5.74, 6) is -2.17. The van der Waals surface area contributed by atoms with E-state index in [9.17, 15) is 14.4 Å². The molecule has 1 saturated heterocycles. The summed E-state index contributed by atoms with van der Waals surface area (Å²) in [6.45, 7) is 0. The lowest BCUT2D eigenvalue weighted by molar-refractivity contribution is -0.152. The monoisotopic (exact) mass is 259 g/mol. The van der Waals surface area contributed by atoms with Gasteiger partial charge in [-0.25, -0.2) is 4.79 Å². The van der Waals surface area contributed by atoms with Gasteiger partial charge >= 0.3 is 5.97 Å². The number of carboxylic acids is 1. The van der Waals surface area contributed by atoms with Crippen LogP contribution in [-0.4, -0.2) is 33.8 Å². The number of imide groups is 1. The van der Waals surface area contributed by atoms with Crippen LogP contribution in [0.25, 0.3) is 6.08 Å². The molecule has 1 atom stereocenters. The molecule has 19 heavy (non-hydrogen) atoms. The summed E-state index contributed by atoms with van der Waals surface area (Å²) in [4.78, 5) is 35.2. The van der Waals surface area contributed by atoms with Crippen molar-refractivity contribution in [3.05, 3.63) is 42.0 Å². The van der Waals surface area contributed by atoms with Crippen molar-refractivity contribution in [2.45, 2.75) is 18.9 Å². The van der Waals surface area contributed by atoms with Crippen molar-refractivity contribution < 1.29 is 19.5 Å². The average molecular weight is 259 g/mol. The van der Waals surface area contributed by atoms with Gasteiger partial charge < -0.3 is 5.11 Å². The van der Waals surface area contributed by atoms with E-state index in [-0.39, 0.29) is 12.8 Å². The van der Waals surface area contributed by atoms with Crippen LogP contribution in [0.15, 0.2) is 36.4 Å². The Morgan fingerprint density at radius 1 is 1.26 bits per heavy atom. The van der Waals surface area contributed by atoms with Gasteiger partial charge in [-0.2, -0.15) is 0 Å². The molecule has 1 fully saturated rings. The van der Waals surface area contributed by atoms with Crippen LogP contribution in [0.3, 0.4) is 0 Å². The third-order valence-corrected chi connectivity index (χ3v) is 2.95. The number of carbonyl (C=O) groups is 3. The van der Waals surface area contributed by atoms with Crippen molar-refractivity contribution in [2.75, 3.05) is 0 Å². The summed E-state index contributed by atoms with van der Waals surface area (Å²) >= 11 is 0. The standard InChI is InChI=1S/C14H13NO4/c16-12(8-6-10-4-2-1-3-5-10)15-11(14(18)19)7-9-13(15)17/h1-6,8,11H,7,9H2,(H,18,19)/b8-6+/t11-/m0/s1. The molecule has 2 amide bonds. The zero-order chi connectivity index (χ0) is 13.8. The molecule has 1 aromatic rings. The second-order valence-electron chi connectivity index (χ2n) is 4.24. The summed E-state index contributed by atoms with van der Waals surface area (Å²) in [6.07, 6.45) is 3.07. The van der Waals surface area contributed by atoms with Gasteiger partial charge in [-0.3, -0.25) is 14.5 Å². The molecule has 1 aliphatic heterocycles. The molecule has 0 radical (unpaired) electrons. The summed E-state index contributed by atoms with van der Waals surface area (Å²) in [5.41, 5.74) is 0.814. The van der Waals surface area contributed by atoms with Gasteiger partial charge in [0.15, 0.2) is 0 Å². The van der Waals surface area contributed by atoms with Gasteiger partial charge in [-0.15, -0.1) is 0 Å². The highest BCUT2D eigenvalue weighted by Crippen LogP contribution is 2.19. The first-order valence-corrected chi connectivity index (χ1v) is 5.91. The Kier molecular flexibility index (Phi) is 3.75. The average Bonchev–Trinajstić information content (AvgIpc) is 2.79. The molecule has 1 aromatic carbocycles. The Morgan fingerprint density at radius 3 is 2.58 bits per heavy atom. The minimum absolute atomic E-state index is 0.0991. The quantitative estimate of drug-likeness (QED) is 0.830. The fourth-order valence-electron chi connectivity index (χ4n) is 2.01. The molecule has 0 saturated carbocycles. The minimum atomic E-state index is -1.15. The second kappa shape index (κ2) is 5.48. The van der Waals surface area contributed by atoms with E-state index in [0.717, 1.165) is 10.5 Å². The lowest BCUT2D eigenvalue weighted by Gasteiger charge is -2.17. The maximum absolute atomic E-state index is 11.9. The highest BCUT2D eigenvalue weighted by atomic mass is 16.4. The van der Waals surface area contributed by atoms with Crippen molar-refractivity contribution in [2.24, 2.45) is 0 Å². The first kappa shape index (κ1) is 13.0. The Hall–Kier alpha value is -2.43. The van der Waals surface area contributed by atoms with Crippen LogP contribution in [0.4, 0.5) is 0 Å². The summed E-state index contributed by atoms with van der Waals surface area (Å²) in [5, 5.41) is 8.97. The highest BCUT2D eigenvalue weighted by Gasteiger charge is 2.39. The van der Waals surface area contributed by atoms with Gasteiger partial charge in [0, 0.05) is 12.5 Å². The molecule has 1 heterocycles. The van der Waals surface area contributed by atoms with E-state index in [1.165, 1.54) is 6.08 Å². The first-order valence-electron chi connectivity index (χ1n) is 5.91. The van der Waals surface area contributed by atoms with Crippen LogP contribution in [-0.2, 0) is 14.4 Å². The Balaban J connectivity index is 2.13. The van der Waals surface area contributed by atoms with E-state index in [0.29, 0.717) is 0 Å². The summed E-state index contributed by atoms with van der Waals surface area (Å²) in [7, 11) is 0. The van der Waals surface area contributed by atoms with Gasteiger partial charge in [-0.1, -0.05) is 30.3 Å². The number of benzene rings is 1. The van der Waals surface area contributed by atoms with Crippen molar-refractivity contribution in [1.29, 1.82) is 0 Å². The fourth-order valence-corrected chi connectivity index (χ4v) is 2.01. The number of likely N-dealkylation sites (tertiary alicyclic amines) is 1. The van der Waals surface area contributed by atoms with E-state index in [4.69, 9.17) is 5.11 Å². The number of aliphatic carboxylic acids is 1. The maximum atomic E-state index is 11.9. The van der Waals surface area contributed by atoms with Crippen LogP contribution in [0, 0.1) is 0 Å². The molecule has 0 aromatic heterocycles. The van der Waals surface area contributed by atoms with Crippen molar-refractivity contribution in [3.63, 3.8) is 0 Å². The zero-order valence-corrected chi connectivity index (χ0v) is 10.2. The molecule has 1 aliphatic rings. The SMILES string of the molecule is O=C(O)[C@@H]1CCC(=O)N1C(=O)/C=C/c1ccccc1. The second-order valence-corrected chi connectivity index (χ2v) is 4.24. The number of nitrogens with zero attached hydrogens (tertiary/aromatic N) is 1. The number of rotatable bonds is 3. The number of hydrogen-bond donors (Lipinski definition) is 1. The predicted molar refractivity (Wildman–Crippen MR) is 68.0 cm³/mol. The zero-order valence-electron chi connectivity index (χ0n) is 10.2. The maximum Gasteiger partial charge on any atom is 0.326 e. The molecule has 98 valence electrons. The molecule has 1 N–H and O–H groups in total. The summed E-state index contributed by atoms with van der Waals surface area (Å²) in [6, 6.07) is 8.08. The fraction of sp³-hybridized carbons (Fsp3) is 0.214. The van der Waals surface area contributed by atoms with E-state index in [2.05, 4.69) is 0 Å². The number of carboxylic acid groups (broad SMARTS) is 1. The Bertz CT molecular complexity index is 536. The minimum Gasteiger partial charge on any atom is -0.480 e. The Labute approximate surface area is 110 Å². The molecule has 5 nitrogen and oxygen atoms in total. The topological polar surface area (TPSA) is 74.7 Å². The van der Waals surface area contributed by atoms with E-state index < -0.39 is 23.8 Å². The molecule has 0 unspecified atom stereocenters. The Morgan fingerprint density at radius 2 is 1.95 bits per heavy atom. The first-order chi connectivity index (χ1) is 9.09. The van der Waals surface area contributed by atoms with Crippen LogP contribution in [0.2, 0.25) is 0 Å². The number of hydrogen-bond acceptors (Lipinski definition) is 3. The lowest BCUT2D eigenvalue weighted by atomic mass is 10.2. The third-order valence-electron chi connectivity index (χ3n) is 2.95. The molecule has 0 bridgehead atoms. The lowest BCUT2D eigenvalue weighted by Crippen LogP contribution is -2.42. The molecule has 0 aliphatic carbocycles. The van der Waals surface area contributed by atoms with Crippen molar-refractivity contribution >= 4 is 23.9 Å². The molecular weight excluding hydrogens is 246 g/mol.